The lowest BCUT2D eigenvalue weighted by Crippen LogP contribution is -2.52. The Morgan fingerprint density at radius 2 is 1.69 bits per heavy atom. The molecule has 0 aliphatic carbocycles. The third-order valence-corrected chi connectivity index (χ3v) is 7.61. The minimum atomic E-state index is -1.93. The zero-order chi connectivity index (χ0) is 22.6. The quantitative estimate of drug-likeness (QED) is 0.608. The summed E-state index contributed by atoms with van der Waals surface area (Å²) in [4.78, 5) is 27.6. The van der Waals surface area contributed by atoms with Crippen LogP contribution in [-0.4, -0.2) is 21.8 Å². The highest BCUT2D eigenvalue weighted by Crippen LogP contribution is 2.51. The van der Waals surface area contributed by atoms with Crippen LogP contribution in [0.25, 0.3) is 0 Å². The Morgan fingerprint density at radius 3 is 2.41 bits per heavy atom. The van der Waals surface area contributed by atoms with Crippen LogP contribution in [0, 0.1) is 18.6 Å². The van der Waals surface area contributed by atoms with Gasteiger partial charge in [0.2, 0.25) is 10.8 Å². The van der Waals surface area contributed by atoms with Crippen molar-refractivity contribution in [2.75, 3.05) is 15.6 Å². The van der Waals surface area contributed by atoms with Gasteiger partial charge < -0.3 is 4.90 Å². The molecule has 1 saturated heterocycles. The maximum atomic E-state index is 14.0. The number of fused-ring (bicyclic) bond motifs is 2. The van der Waals surface area contributed by atoms with E-state index in [4.69, 9.17) is 0 Å². The summed E-state index contributed by atoms with van der Waals surface area (Å²) < 4.78 is 41.0. The lowest BCUT2D eigenvalue weighted by Gasteiger charge is -2.32. The van der Waals surface area contributed by atoms with Crippen LogP contribution in [-0.2, 0) is 31.8 Å². The molecule has 5 rings (SSSR count). The molecule has 3 aromatic rings. The molecule has 2 aliphatic rings. The van der Waals surface area contributed by atoms with Gasteiger partial charge in [-0.25, -0.2) is 8.78 Å². The van der Waals surface area contributed by atoms with Crippen LogP contribution < -0.4 is 9.80 Å². The summed E-state index contributed by atoms with van der Waals surface area (Å²) in [5.41, 5.74) is 2.87. The fourth-order valence-corrected chi connectivity index (χ4v) is 6.08. The van der Waals surface area contributed by atoms with Crippen molar-refractivity contribution >= 4 is 34.0 Å². The van der Waals surface area contributed by atoms with Crippen LogP contribution in [0.1, 0.15) is 16.7 Å². The molecule has 1 spiro atoms. The van der Waals surface area contributed by atoms with E-state index in [1.807, 2.05) is 31.2 Å². The number of carbonyl (C=O) groups excluding carboxylic acids is 2. The molecule has 1 fully saturated rings. The number of hydrogen-bond donors (Lipinski definition) is 0. The van der Waals surface area contributed by atoms with Crippen LogP contribution >= 0.6 is 0 Å². The number of benzene rings is 3. The zero-order valence-corrected chi connectivity index (χ0v) is 17.9. The molecule has 8 heteroatoms. The second kappa shape index (κ2) is 7.34. The highest BCUT2D eigenvalue weighted by Gasteiger charge is 2.65. The van der Waals surface area contributed by atoms with Gasteiger partial charge in [-0.2, -0.15) is 0 Å². The third-order valence-electron chi connectivity index (χ3n) is 5.87. The molecular formula is C24H18F2N2O3S. The Hall–Kier alpha value is -3.39. The summed E-state index contributed by atoms with van der Waals surface area (Å²) in [5, 5.41) is 0. The second-order valence-electron chi connectivity index (χ2n) is 7.86. The monoisotopic (exact) mass is 452 g/mol. The van der Waals surface area contributed by atoms with Crippen molar-refractivity contribution in [2.45, 2.75) is 18.3 Å². The highest BCUT2D eigenvalue weighted by molar-refractivity contribution is 7.88. The average molecular weight is 452 g/mol. The van der Waals surface area contributed by atoms with Gasteiger partial charge in [0.05, 0.1) is 23.0 Å². The van der Waals surface area contributed by atoms with Gasteiger partial charge in [0.1, 0.15) is 5.75 Å². The molecule has 2 unspecified atom stereocenters. The molecule has 2 aliphatic heterocycles. The minimum absolute atomic E-state index is 0.0138. The zero-order valence-electron chi connectivity index (χ0n) is 17.0. The van der Waals surface area contributed by atoms with E-state index in [1.165, 1.54) is 11.0 Å². The van der Waals surface area contributed by atoms with Crippen LogP contribution in [0.15, 0.2) is 66.7 Å². The molecule has 2 amide bonds. The first kappa shape index (κ1) is 20.5. The smallest absolute Gasteiger partial charge is 0.271 e. The van der Waals surface area contributed by atoms with Crippen LogP contribution in [0.4, 0.5) is 20.2 Å². The molecule has 0 saturated carbocycles. The van der Waals surface area contributed by atoms with E-state index in [-0.39, 0.29) is 12.2 Å². The van der Waals surface area contributed by atoms with E-state index < -0.39 is 44.9 Å². The fourth-order valence-electron chi connectivity index (χ4n) is 4.38. The summed E-state index contributed by atoms with van der Waals surface area (Å²) in [6.07, 6.45) is 0. The first-order chi connectivity index (χ1) is 15.3. The Kier molecular flexibility index (Phi) is 4.70. The predicted octanol–water partition coefficient (Wildman–Crippen LogP) is 3.77. The minimum Gasteiger partial charge on any atom is -0.304 e. The molecule has 162 valence electrons. The maximum Gasteiger partial charge on any atom is 0.271 e. The van der Waals surface area contributed by atoms with E-state index in [2.05, 4.69) is 0 Å². The topological polar surface area (TPSA) is 57.7 Å². The van der Waals surface area contributed by atoms with E-state index >= 15 is 0 Å². The Morgan fingerprint density at radius 1 is 0.969 bits per heavy atom. The number of nitrogens with zero attached hydrogens (tertiary/aromatic N) is 2. The number of amides is 2. The number of para-hydroxylation sites is 1. The standard InChI is InChI=1S/C24H18F2N2O3S/c1-15-6-8-16(9-7-15)13-27-21-5-3-2-4-18(21)24(23(27)30)28(22(29)14-32(24)31)17-10-11-19(25)20(26)12-17/h2-12H,13-14H2,1H3. The Balaban J connectivity index is 1.68. The molecule has 0 bridgehead atoms. The number of halogens is 2. The highest BCUT2D eigenvalue weighted by atomic mass is 32.2. The normalized spacial score (nSPS) is 22.2. The summed E-state index contributed by atoms with van der Waals surface area (Å²) in [5.74, 6) is -3.74. The molecule has 5 nitrogen and oxygen atoms in total. The summed E-state index contributed by atoms with van der Waals surface area (Å²) in [6.45, 7) is 2.18. The molecular weight excluding hydrogens is 434 g/mol. The largest absolute Gasteiger partial charge is 0.304 e. The third kappa shape index (κ3) is 2.82. The van der Waals surface area contributed by atoms with Crippen molar-refractivity contribution in [3.8, 4) is 0 Å². The van der Waals surface area contributed by atoms with Crippen molar-refractivity contribution in [2.24, 2.45) is 0 Å². The van der Waals surface area contributed by atoms with Crippen molar-refractivity contribution in [1.82, 2.24) is 0 Å². The number of hydrogen-bond acceptors (Lipinski definition) is 3. The van der Waals surface area contributed by atoms with Crippen molar-refractivity contribution in [3.63, 3.8) is 0 Å². The number of anilines is 2. The molecule has 0 N–H and O–H groups in total. The van der Waals surface area contributed by atoms with E-state index in [1.54, 1.807) is 24.3 Å². The van der Waals surface area contributed by atoms with E-state index in [0.717, 1.165) is 28.2 Å². The van der Waals surface area contributed by atoms with Gasteiger partial charge in [0.25, 0.3) is 5.91 Å². The van der Waals surface area contributed by atoms with Crippen molar-refractivity contribution in [3.05, 3.63) is 95.1 Å². The maximum absolute atomic E-state index is 14.0. The number of rotatable bonds is 3. The lowest BCUT2D eigenvalue weighted by molar-refractivity contribution is -0.123. The number of carbonyl (C=O) groups is 2. The second-order valence-corrected chi connectivity index (χ2v) is 9.43. The van der Waals surface area contributed by atoms with Gasteiger partial charge in [-0.15, -0.1) is 0 Å². The SMILES string of the molecule is Cc1ccc(CN2C(=O)C3(c4ccccc42)N(c2ccc(F)c(F)c2)C(=O)CS3=O)cc1. The van der Waals surface area contributed by atoms with Gasteiger partial charge >= 0.3 is 0 Å². The van der Waals surface area contributed by atoms with Crippen LogP contribution in [0.5, 0.6) is 0 Å². The fraction of sp³-hybridized carbons (Fsp3) is 0.167. The van der Waals surface area contributed by atoms with Gasteiger partial charge in [-0.05, 0) is 30.7 Å². The Bertz CT molecular complexity index is 1290. The van der Waals surface area contributed by atoms with E-state index in [0.29, 0.717) is 11.3 Å². The molecule has 2 heterocycles. The molecule has 3 aromatic carbocycles. The van der Waals surface area contributed by atoms with Crippen LogP contribution in [0.2, 0.25) is 0 Å². The van der Waals surface area contributed by atoms with Crippen LogP contribution in [0.3, 0.4) is 0 Å². The van der Waals surface area contributed by atoms with Gasteiger partial charge in [-0.1, -0.05) is 48.0 Å². The average Bonchev–Trinajstić information content (AvgIpc) is 3.18. The first-order valence-electron chi connectivity index (χ1n) is 9.97. The molecule has 2 atom stereocenters. The predicted molar refractivity (Wildman–Crippen MR) is 117 cm³/mol. The Labute approximate surface area is 185 Å². The molecule has 32 heavy (non-hydrogen) atoms. The summed E-state index contributed by atoms with van der Waals surface area (Å²) in [6, 6.07) is 17.5. The van der Waals surface area contributed by atoms with Gasteiger partial charge in [0.15, 0.2) is 11.6 Å². The van der Waals surface area contributed by atoms with Crippen molar-refractivity contribution < 1.29 is 22.6 Å². The van der Waals surface area contributed by atoms with Crippen molar-refractivity contribution in [1.29, 1.82) is 0 Å². The molecule has 0 aromatic heterocycles. The van der Waals surface area contributed by atoms with E-state index in [9.17, 15) is 22.6 Å². The number of aryl methyl sites for hydroxylation is 1. The lowest BCUT2D eigenvalue weighted by atomic mass is 10.0. The summed E-state index contributed by atoms with van der Waals surface area (Å²) >= 11 is 0. The molecule has 0 radical (unpaired) electrons. The first-order valence-corrected chi connectivity index (χ1v) is 11.3. The van der Waals surface area contributed by atoms with Gasteiger partial charge in [-0.3, -0.25) is 18.7 Å². The van der Waals surface area contributed by atoms with Gasteiger partial charge in [0, 0.05) is 17.3 Å². The summed E-state index contributed by atoms with van der Waals surface area (Å²) in [7, 11) is -1.93.